The van der Waals surface area contributed by atoms with E-state index in [1.807, 2.05) is 42.5 Å². The summed E-state index contributed by atoms with van der Waals surface area (Å²) in [5.41, 5.74) is 1.55. The van der Waals surface area contributed by atoms with Gasteiger partial charge >= 0.3 is 5.63 Å². The second-order valence-electron chi connectivity index (χ2n) is 4.19. The van der Waals surface area contributed by atoms with Crippen LogP contribution in [-0.2, 0) is 0 Å². The van der Waals surface area contributed by atoms with Crippen molar-refractivity contribution in [1.29, 1.82) is 0 Å². The van der Waals surface area contributed by atoms with Gasteiger partial charge < -0.3 is 8.83 Å². The van der Waals surface area contributed by atoms with Gasteiger partial charge in [0.15, 0.2) is 11.2 Å². The summed E-state index contributed by atoms with van der Waals surface area (Å²) < 4.78 is 11.2. The van der Waals surface area contributed by atoms with Crippen LogP contribution in [0.15, 0.2) is 62.2 Å². The number of hydrogen-bond donors (Lipinski definition) is 0. The van der Waals surface area contributed by atoms with Crippen molar-refractivity contribution >= 4 is 32.9 Å². The van der Waals surface area contributed by atoms with E-state index in [0.717, 1.165) is 16.4 Å². The van der Waals surface area contributed by atoms with Gasteiger partial charge in [-0.3, -0.25) is 0 Å². The first-order valence-electron chi connectivity index (χ1n) is 5.68. The Morgan fingerprint density at radius 3 is 2.11 bits per heavy atom. The summed E-state index contributed by atoms with van der Waals surface area (Å²) in [7, 11) is 0. The molecule has 0 aliphatic carbocycles. The molecule has 2 aromatic carbocycles. The van der Waals surface area contributed by atoms with Crippen LogP contribution in [0.2, 0.25) is 0 Å². The quantitative estimate of drug-likeness (QED) is 0.467. The van der Waals surface area contributed by atoms with Gasteiger partial charge in [0.2, 0.25) is 0 Å². The summed E-state index contributed by atoms with van der Waals surface area (Å²) in [6.45, 7) is 0. The molecule has 0 atom stereocenters. The van der Waals surface area contributed by atoms with Crippen LogP contribution in [-0.4, -0.2) is 0 Å². The number of furan rings is 1. The molecule has 0 aliphatic rings. The van der Waals surface area contributed by atoms with Crippen molar-refractivity contribution in [2.45, 2.75) is 0 Å². The molecule has 0 bridgehead atoms. The fourth-order valence-corrected chi connectivity index (χ4v) is 2.31. The van der Waals surface area contributed by atoms with Crippen LogP contribution in [0.4, 0.5) is 0 Å². The van der Waals surface area contributed by atoms with Gasteiger partial charge in [0, 0.05) is 5.39 Å². The minimum absolute atomic E-state index is 0.329. The van der Waals surface area contributed by atoms with Gasteiger partial charge in [-0.25, -0.2) is 4.79 Å². The zero-order valence-corrected chi connectivity index (χ0v) is 9.34. The molecular weight excluding hydrogens is 228 g/mol. The highest BCUT2D eigenvalue weighted by Gasteiger charge is 2.13. The average Bonchev–Trinajstić information content (AvgIpc) is 2.78. The monoisotopic (exact) mass is 236 g/mol. The highest BCUT2D eigenvalue weighted by Crippen LogP contribution is 2.31. The summed E-state index contributed by atoms with van der Waals surface area (Å²) in [5.74, 6) is 0. The Labute approximate surface area is 101 Å². The summed E-state index contributed by atoms with van der Waals surface area (Å²) >= 11 is 0. The third-order valence-electron chi connectivity index (χ3n) is 3.14. The first-order chi connectivity index (χ1) is 8.84. The summed E-state index contributed by atoms with van der Waals surface area (Å²) in [6.07, 6.45) is 0. The van der Waals surface area contributed by atoms with E-state index in [0.29, 0.717) is 16.6 Å². The van der Waals surface area contributed by atoms with Crippen LogP contribution in [0.5, 0.6) is 0 Å². The van der Waals surface area contributed by atoms with Crippen LogP contribution in [0.1, 0.15) is 0 Å². The molecule has 4 aromatic rings. The molecule has 86 valence electrons. The molecule has 0 amide bonds. The van der Waals surface area contributed by atoms with E-state index < -0.39 is 0 Å². The van der Waals surface area contributed by atoms with Crippen LogP contribution in [0.25, 0.3) is 32.9 Å². The van der Waals surface area contributed by atoms with Gasteiger partial charge in [-0.15, -0.1) is 0 Å². The molecule has 0 N–H and O–H groups in total. The minimum Gasteiger partial charge on any atom is -0.452 e. The molecule has 3 nitrogen and oxygen atoms in total. The summed E-state index contributed by atoms with van der Waals surface area (Å²) in [6, 6.07) is 14.9. The summed E-state index contributed by atoms with van der Waals surface area (Å²) in [4.78, 5) is 11.9. The van der Waals surface area contributed by atoms with Gasteiger partial charge in [0.1, 0.15) is 5.58 Å². The molecule has 0 aliphatic heterocycles. The molecule has 18 heavy (non-hydrogen) atoms. The van der Waals surface area contributed by atoms with Crippen molar-refractivity contribution in [2.75, 3.05) is 0 Å². The SMILES string of the molecule is O=c1oc2c3ccccc3oc2c2ccccc12. The van der Waals surface area contributed by atoms with Crippen molar-refractivity contribution in [3.63, 3.8) is 0 Å². The highest BCUT2D eigenvalue weighted by molar-refractivity contribution is 6.11. The Kier molecular flexibility index (Phi) is 1.70. The molecule has 2 aromatic heterocycles. The Hall–Kier alpha value is -2.55. The smallest absolute Gasteiger partial charge is 0.344 e. The predicted molar refractivity (Wildman–Crippen MR) is 69.8 cm³/mol. The Bertz CT molecular complexity index is 944. The van der Waals surface area contributed by atoms with Crippen LogP contribution in [0, 0.1) is 0 Å². The van der Waals surface area contributed by atoms with Crippen molar-refractivity contribution in [2.24, 2.45) is 0 Å². The zero-order valence-electron chi connectivity index (χ0n) is 9.34. The van der Waals surface area contributed by atoms with Gasteiger partial charge in [-0.2, -0.15) is 0 Å². The van der Waals surface area contributed by atoms with Gasteiger partial charge in [0.05, 0.1) is 10.8 Å². The van der Waals surface area contributed by atoms with E-state index >= 15 is 0 Å². The largest absolute Gasteiger partial charge is 0.452 e. The molecule has 0 unspecified atom stereocenters. The minimum atomic E-state index is -0.329. The van der Waals surface area contributed by atoms with E-state index in [4.69, 9.17) is 8.83 Å². The van der Waals surface area contributed by atoms with E-state index in [9.17, 15) is 4.79 Å². The maximum atomic E-state index is 11.9. The lowest BCUT2D eigenvalue weighted by molar-refractivity contribution is 0.564. The van der Waals surface area contributed by atoms with Gasteiger partial charge in [-0.05, 0) is 18.2 Å². The van der Waals surface area contributed by atoms with Crippen LogP contribution >= 0.6 is 0 Å². The lowest BCUT2D eigenvalue weighted by Crippen LogP contribution is -1.98. The molecule has 0 fully saturated rings. The highest BCUT2D eigenvalue weighted by atomic mass is 16.4. The third-order valence-corrected chi connectivity index (χ3v) is 3.14. The third kappa shape index (κ3) is 1.10. The van der Waals surface area contributed by atoms with Crippen molar-refractivity contribution in [3.05, 3.63) is 59.0 Å². The molecule has 2 heterocycles. The second kappa shape index (κ2) is 3.23. The maximum Gasteiger partial charge on any atom is 0.344 e. The van der Waals surface area contributed by atoms with Crippen molar-refractivity contribution < 1.29 is 8.83 Å². The molecule has 3 heteroatoms. The molecule has 0 radical (unpaired) electrons. The predicted octanol–water partition coefficient (Wildman–Crippen LogP) is 3.69. The molecule has 4 rings (SSSR count). The van der Waals surface area contributed by atoms with Gasteiger partial charge in [0.25, 0.3) is 0 Å². The normalized spacial score (nSPS) is 11.6. The van der Waals surface area contributed by atoms with E-state index in [1.54, 1.807) is 6.07 Å². The Morgan fingerprint density at radius 1 is 0.667 bits per heavy atom. The van der Waals surface area contributed by atoms with E-state index in [2.05, 4.69) is 0 Å². The number of fused-ring (bicyclic) bond motifs is 5. The van der Waals surface area contributed by atoms with E-state index in [1.165, 1.54) is 0 Å². The fourth-order valence-electron chi connectivity index (χ4n) is 2.31. The van der Waals surface area contributed by atoms with Crippen LogP contribution in [0.3, 0.4) is 0 Å². The molecule has 0 saturated heterocycles. The summed E-state index contributed by atoms with van der Waals surface area (Å²) in [5, 5.41) is 2.17. The first kappa shape index (κ1) is 9.48. The molecule has 0 saturated carbocycles. The molecule has 0 spiro atoms. The average molecular weight is 236 g/mol. The number of para-hydroxylation sites is 1. The first-order valence-corrected chi connectivity index (χ1v) is 5.68. The van der Waals surface area contributed by atoms with E-state index in [-0.39, 0.29) is 5.63 Å². The standard InChI is InChI=1S/C15H8O3/c16-15-10-6-2-1-5-9(10)13-14(18-15)11-7-3-4-8-12(11)17-13/h1-8H. The van der Waals surface area contributed by atoms with Gasteiger partial charge in [-0.1, -0.05) is 30.3 Å². The van der Waals surface area contributed by atoms with Crippen LogP contribution < -0.4 is 5.63 Å². The Morgan fingerprint density at radius 2 is 1.28 bits per heavy atom. The lowest BCUT2D eigenvalue weighted by Gasteiger charge is -1.95. The van der Waals surface area contributed by atoms with Crippen molar-refractivity contribution in [1.82, 2.24) is 0 Å². The lowest BCUT2D eigenvalue weighted by atomic mass is 10.1. The molecular formula is C15H8O3. The maximum absolute atomic E-state index is 11.9. The number of benzene rings is 2. The number of hydrogen-bond acceptors (Lipinski definition) is 3. The zero-order chi connectivity index (χ0) is 12.1. The Balaban J connectivity index is 2.40. The topological polar surface area (TPSA) is 43.4 Å². The van der Waals surface area contributed by atoms with Crippen molar-refractivity contribution in [3.8, 4) is 0 Å². The second-order valence-corrected chi connectivity index (χ2v) is 4.19. The number of rotatable bonds is 0. The fraction of sp³-hybridized carbons (Fsp3) is 0.